The van der Waals surface area contributed by atoms with Crippen LogP contribution in [-0.2, 0) is 14.3 Å². The van der Waals surface area contributed by atoms with E-state index in [2.05, 4.69) is 0 Å². The van der Waals surface area contributed by atoms with E-state index >= 15 is 0 Å². The minimum Gasteiger partial charge on any atom is -0.507 e. The molecule has 0 amide bonds. The number of benzene rings is 1. The maximum Gasteiger partial charge on any atom is 0.193 e. The number of methoxy groups -OCH3 is 3. The quantitative estimate of drug-likeness (QED) is 0.462. The topological polar surface area (TPSA) is 82.1 Å². The highest BCUT2D eigenvalue weighted by atomic mass is 16.5. The molecule has 6 heteroatoms. The van der Waals surface area contributed by atoms with Gasteiger partial charge in [0.25, 0.3) is 0 Å². The molecule has 1 N–H and O–H groups in total. The zero-order valence-corrected chi connectivity index (χ0v) is 18.5. The molecular formula is C24H30O6. The summed E-state index contributed by atoms with van der Waals surface area (Å²) < 4.78 is 16.2. The van der Waals surface area contributed by atoms with Crippen molar-refractivity contribution in [2.75, 3.05) is 21.3 Å². The average Bonchev–Trinajstić information content (AvgIpc) is 2.77. The summed E-state index contributed by atoms with van der Waals surface area (Å²) in [6.07, 6.45) is 4.20. The van der Waals surface area contributed by atoms with E-state index in [0.29, 0.717) is 47.7 Å². The summed E-state index contributed by atoms with van der Waals surface area (Å²) >= 11 is 0. The van der Waals surface area contributed by atoms with E-state index in [-0.39, 0.29) is 11.3 Å². The minimum absolute atomic E-state index is 0.200. The van der Waals surface area contributed by atoms with Gasteiger partial charge in [-0.1, -0.05) is 32.9 Å². The molecule has 6 nitrogen and oxygen atoms in total. The van der Waals surface area contributed by atoms with Crippen LogP contribution >= 0.6 is 0 Å². The summed E-state index contributed by atoms with van der Waals surface area (Å²) in [4.78, 5) is 26.5. The third-order valence-corrected chi connectivity index (χ3v) is 5.75. The fraction of sp³-hybridized carbons (Fsp3) is 0.417. The molecule has 0 atom stereocenters. The number of aliphatic hydroxyl groups excluding tert-OH is 1. The first-order valence-corrected chi connectivity index (χ1v) is 10.1. The standard InChI is InChI=1S/C24H30O6/c1-7-16-20(26)19(22(27)24(8-2,9-3)23(16)30-6)17(25)14-13-15-11-10-12-18(28-4)21(15)29-5/h10-14,26H,7-9H2,1-6H3/b14-13+. The number of hydrogen-bond acceptors (Lipinski definition) is 6. The molecule has 1 aliphatic carbocycles. The first kappa shape index (κ1) is 23.3. The van der Waals surface area contributed by atoms with Crippen molar-refractivity contribution in [3.05, 3.63) is 52.5 Å². The zero-order chi connectivity index (χ0) is 22.5. The van der Waals surface area contributed by atoms with Crippen LogP contribution in [0, 0.1) is 5.41 Å². The van der Waals surface area contributed by atoms with Gasteiger partial charge in [-0.3, -0.25) is 9.59 Å². The van der Waals surface area contributed by atoms with Crippen LogP contribution in [0.2, 0.25) is 0 Å². The highest BCUT2D eigenvalue weighted by molar-refractivity contribution is 6.28. The molecular weight excluding hydrogens is 384 g/mol. The van der Waals surface area contributed by atoms with Crippen molar-refractivity contribution in [1.29, 1.82) is 0 Å². The van der Waals surface area contributed by atoms with Crippen molar-refractivity contribution in [1.82, 2.24) is 0 Å². The molecule has 0 saturated heterocycles. The monoisotopic (exact) mass is 414 g/mol. The first-order chi connectivity index (χ1) is 14.4. The predicted molar refractivity (Wildman–Crippen MR) is 116 cm³/mol. The van der Waals surface area contributed by atoms with E-state index in [1.807, 2.05) is 20.8 Å². The Morgan fingerprint density at radius 2 is 1.73 bits per heavy atom. The summed E-state index contributed by atoms with van der Waals surface area (Å²) in [7, 11) is 4.53. The number of hydrogen-bond donors (Lipinski definition) is 1. The van der Waals surface area contributed by atoms with E-state index < -0.39 is 17.0 Å². The smallest absolute Gasteiger partial charge is 0.193 e. The average molecular weight is 414 g/mol. The Hall–Kier alpha value is -3.02. The predicted octanol–water partition coefficient (Wildman–Crippen LogP) is 4.80. The highest BCUT2D eigenvalue weighted by Gasteiger charge is 2.49. The summed E-state index contributed by atoms with van der Waals surface area (Å²) in [5.41, 5.74) is -0.0423. The van der Waals surface area contributed by atoms with Crippen molar-refractivity contribution in [2.24, 2.45) is 5.41 Å². The van der Waals surface area contributed by atoms with Gasteiger partial charge in [0.2, 0.25) is 0 Å². The number of carbonyl (C=O) groups is 2. The van der Waals surface area contributed by atoms with Gasteiger partial charge in [0, 0.05) is 11.1 Å². The molecule has 0 fully saturated rings. The Kier molecular flexibility index (Phi) is 7.48. The lowest BCUT2D eigenvalue weighted by Crippen LogP contribution is -2.40. The number of allylic oxidation sites excluding steroid dienone is 4. The Bertz CT molecular complexity index is 916. The second kappa shape index (κ2) is 9.65. The van der Waals surface area contributed by atoms with Crippen molar-refractivity contribution < 1.29 is 28.9 Å². The molecule has 0 heterocycles. The lowest BCUT2D eigenvalue weighted by molar-refractivity contribution is -0.128. The lowest BCUT2D eigenvalue weighted by Gasteiger charge is -2.37. The van der Waals surface area contributed by atoms with Crippen molar-refractivity contribution in [3.8, 4) is 11.5 Å². The second-order valence-electron chi connectivity index (χ2n) is 6.99. The van der Waals surface area contributed by atoms with Crippen LogP contribution in [0.3, 0.4) is 0 Å². The van der Waals surface area contributed by atoms with Gasteiger partial charge in [-0.15, -0.1) is 0 Å². The first-order valence-electron chi connectivity index (χ1n) is 10.1. The van der Waals surface area contributed by atoms with Gasteiger partial charge < -0.3 is 19.3 Å². The Morgan fingerprint density at radius 1 is 1.07 bits per heavy atom. The number of para-hydroxylation sites is 1. The fourth-order valence-electron chi connectivity index (χ4n) is 4.06. The van der Waals surface area contributed by atoms with Gasteiger partial charge in [-0.05, 0) is 37.5 Å². The van der Waals surface area contributed by atoms with Gasteiger partial charge in [0.15, 0.2) is 23.1 Å². The van der Waals surface area contributed by atoms with E-state index in [9.17, 15) is 14.7 Å². The molecule has 1 aliphatic rings. The minimum atomic E-state index is -0.960. The number of ketones is 2. The molecule has 0 unspecified atom stereocenters. The largest absolute Gasteiger partial charge is 0.507 e. The molecule has 2 rings (SSSR count). The van der Waals surface area contributed by atoms with Crippen molar-refractivity contribution in [2.45, 2.75) is 40.0 Å². The Labute approximate surface area is 177 Å². The second-order valence-corrected chi connectivity index (χ2v) is 6.99. The van der Waals surface area contributed by atoms with Crippen LogP contribution in [0.4, 0.5) is 0 Å². The number of carbonyl (C=O) groups excluding carboxylic acids is 2. The summed E-state index contributed by atoms with van der Waals surface area (Å²) in [6, 6.07) is 5.29. The van der Waals surface area contributed by atoms with E-state index in [1.54, 1.807) is 24.3 Å². The van der Waals surface area contributed by atoms with Gasteiger partial charge in [-0.2, -0.15) is 0 Å². The van der Waals surface area contributed by atoms with Crippen LogP contribution in [-0.4, -0.2) is 38.0 Å². The number of ether oxygens (including phenoxy) is 3. The molecule has 162 valence electrons. The van der Waals surface area contributed by atoms with Crippen LogP contribution < -0.4 is 9.47 Å². The molecule has 0 aromatic heterocycles. The third kappa shape index (κ3) is 3.74. The van der Waals surface area contributed by atoms with Gasteiger partial charge in [-0.25, -0.2) is 0 Å². The molecule has 1 aromatic rings. The van der Waals surface area contributed by atoms with Crippen molar-refractivity contribution in [3.63, 3.8) is 0 Å². The highest BCUT2D eigenvalue weighted by Crippen LogP contribution is 2.46. The Balaban J connectivity index is 2.57. The number of aliphatic hydroxyl groups is 1. The molecule has 30 heavy (non-hydrogen) atoms. The summed E-state index contributed by atoms with van der Waals surface area (Å²) in [5.74, 6) is 0.182. The normalized spacial score (nSPS) is 16.3. The molecule has 0 aliphatic heterocycles. The molecule has 0 saturated carbocycles. The third-order valence-electron chi connectivity index (χ3n) is 5.75. The summed E-state index contributed by atoms with van der Waals surface area (Å²) in [6.45, 7) is 5.62. The van der Waals surface area contributed by atoms with Gasteiger partial charge in [0.1, 0.15) is 17.1 Å². The summed E-state index contributed by atoms with van der Waals surface area (Å²) in [5, 5.41) is 10.8. The zero-order valence-electron chi connectivity index (χ0n) is 18.5. The van der Waals surface area contributed by atoms with Crippen LogP contribution in [0.1, 0.15) is 45.6 Å². The Morgan fingerprint density at radius 3 is 2.23 bits per heavy atom. The maximum absolute atomic E-state index is 13.4. The van der Waals surface area contributed by atoms with Crippen LogP contribution in [0.15, 0.2) is 46.9 Å². The molecule has 0 radical (unpaired) electrons. The maximum atomic E-state index is 13.4. The fourth-order valence-corrected chi connectivity index (χ4v) is 4.06. The molecule has 1 aromatic carbocycles. The van der Waals surface area contributed by atoms with Gasteiger partial charge in [0.05, 0.1) is 26.7 Å². The number of rotatable bonds is 9. The van der Waals surface area contributed by atoms with E-state index in [1.165, 1.54) is 27.4 Å². The lowest BCUT2D eigenvalue weighted by atomic mass is 9.68. The molecule has 0 spiro atoms. The van der Waals surface area contributed by atoms with E-state index in [4.69, 9.17) is 14.2 Å². The SMILES string of the molecule is CCC1=C(OC)C(CC)(CC)C(=O)C(C(=O)/C=C/c2cccc(OC)c2OC)=C1O. The van der Waals surface area contributed by atoms with Crippen LogP contribution in [0.25, 0.3) is 6.08 Å². The van der Waals surface area contributed by atoms with Crippen LogP contribution in [0.5, 0.6) is 11.5 Å². The molecule has 0 bridgehead atoms. The number of Topliss-reactive ketones (excluding diaryl/α,β-unsaturated/α-hetero) is 1. The van der Waals surface area contributed by atoms with Crippen molar-refractivity contribution >= 4 is 17.6 Å². The van der Waals surface area contributed by atoms with E-state index in [0.717, 1.165) is 0 Å². The van der Waals surface area contributed by atoms with Gasteiger partial charge >= 0.3 is 0 Å².